The number of thiazole rings is 1. The molecule has 1 aromatic rings. The molecule has 1 aromatic heterocycles. The lowest BCUT2D eigenvalue weighted by Gasteiger charge is -2.08. The Morgan fingerprint density at radius 2 is 2.20 bits per heavy atom. The van der Waals surface area contributed by atoms with E-state index >= 15 is 0 Å². The number of aromatic nitrogens is 1. The molecule has 2 aliphatic carbocycles. The number of nitrogens with one attached hydrogen (secondary N) is 1. The van der Waals surface area contributed by atoms with Gasteiger partial charge in [0.2, 0.25) is 10.0 Å². The van der Waals surface area contributed by atoms with Crippen molar-refractivity contribution in [1.29, 1.82) is 0 Å². The molecule has 20 heavy (non-hydrogen) atoms. The topological polar surface area (TPSA) is 85.4 Å². The van der Waals surface area contributed by atoms with Crippen LogP contribution in [0.1, 0.15) is 42.7 Å². The fourth-order valence-corrected chi connectivity index (χ4v) is 4.94. The van der Waals surface area contributed by atoms with Gasteiger partial charge in [-0.25, -0.2) is 13.4 Å². The fourth-order valence-electron chi connectivity index (χ4n) is 2.33. The minimum absolute atomic E-state index is 0.270. The quantitative estimate of drug-likeness (QED) is 0.835. The molecule has 0 saturated heterocycles. The zero-order valence-corrected chi connectivity index (χ0v) is 12.7. The number of carbonyl (C=O) groups is 1. The number of ether oxygens (including phenoxy) is 1. The smallest absolute Gasteiger partial charge is 0.315 e. The van der Waals surface area contributed by atoms with Crippen molar-refractivity contribution in [2.75, 3.05) is 11.3 Å². The molecule has 1 heterocycles. The first-order chi connectivity index (χ1) is 9.51. The lowest BCUT2D eigenvalue weighted by molar-refractivity contribution is -0.145. The minimum Gasteiger partial charge on any atom is -0.465 e. The van der Waals surface area contributed by atoms with E-state index in [4.69, 9.17) is 4.74 Å². The van der Waals surface area contributed by atoms with Gasteiger partial charge in [0.25, 0.3) is 0 Å². The Morgan fingerprint density at radius 1 is 1.45 bits per heavy atom. The van der Waals surface area contributed by atoms with E-state index in [1.165, 1.54) is 11.3 Å². The van der Waals surface area contributed by atoms with E-state index in [2.05, 4.69) is 9.71 Å². The van der Waals surface area contributed by atoms with E-state index in [1.807, 2.05) is 0 Å². The zero-order chi connectivity index (χ0) is 14.3. The number of hydrogen-bond acceptors (Lipinski definition) is 6. The summed E-state index contributed by atoms with van der Waals surface area (Å²) in [6.07, 6.45) is 2.88. The van der Waals surface area contributed by atoms with E-state index in [9.17, 15) is 13.2 Å². The number of fused-ring (bicyclic) bond motifs is 1. The number of rotatable bonds is 5. The van der Waals surface area contributed by atoms with E-state index in [1.54, 1.807) is 6.92 Å². The third kappa shape index (κ3) is 2.54. The first-order valence-corrected chi connectivity index (χ1v) is 9.05. The van der Waals surface area contributed by atoms with Crippen LogP contribution in [0.25, 0.3) is 0 Å². The van der Waals surface area contributed by atoms with Crippen LogP contribution in [-0.2, 0) is 26.0 Å². The Labute approximate surface area is 121 Å². The molecular formula is C12H16N2O4S2. The van der Waals surface area contributed by atoms with Crippen molar-refractivity contribution in [2.45, 2.75) is 43.8 Å². The van der Waals surface area contributed by atoms with E-state index in [0.29, 0.717) is 36.7 Å². The van der Waals surface area contributed by atoms with Gasteiger partial charge in [-0.15, -0.1) is 11.3 Å². The van der Waals surface area contributed by atoms with Gasteiger partial charge in [0.1, 0.15) is 5.92 Å². The molecule has 0 aliphatic heterocycles. The van der Waals surface area contributed by atoms with Crippen LogP contribution in [0.3, 0.4) is 0 Å². The Hall–Kier alpha value is -1.15. The van der Waals surface area contributed by atoms with Crippen molar-refractivity contribution >= 4 is 32.5 Å². The Bertz CT molecular complexity index is 634. The zero-order valence-electron chi connectivity index (χ0n) is 11.1. The van der Waals surface area contributed by atoms with Crippen LogP contribution in [0.15, 0.2) is 0 Å². The molecule has 1 unspecified atom stereocenters. The van der Waals surface area contributed by atoms with Crippen molar-refractivity contribution in [3.8, 4) is 0 Å². The van der Waals surface area contributed by atoms with Crippen LogP contribution in [0.2, 0.25) is 0 Å². The number of aryl methyl sites for hydroxylation is 1. The van der Waals surface area contributed by atoms with Gasteiger partial charge in [0, 0.05) is 4.88 Å². The number of sulfonamides is 1. The molecule has 1 atom stereocenters. The van der Waals surface area contributed by atoms with Gasteiger partial charge >= 0.3 is 5.97 Å². The van der Waals surface area contributed by atoms with Crippen molar-refractivity contribution in [2.24, 2.45) is 0 Å². The molecule has 1 saturated carbocycles. The molecule has 0 radical (unpaired) electrons. The maximum Gasteiger partial charge on any atom is 0.315 e. The van der Waals surface area contributed by atoms with Gasteiger partial charge in [-0.2, -0.15) is 0 Å². The molecule has 8 heteroatoms. The normalized spacial score (nSPS) is 21.6. The summed E-state index contributed by atoms with van der Waals surface area (Å²) in [5.74, 6) is -0.617. The van der Waals surface area contributed by atoms with Gasteiger partial charge in [-0.3, -0.25) is 9.52 Å². The predicted molar refractivity (Wildman–Crippen MR) is 75.4 cm³/mol. The molecular weight excluding hydrogens is 300 g/mol. The van der Waals surface area contributed by atoms with Crippen LogP contribution >= 0.6 is 11.3 Å². The number of carbonyl (C=O) groups excluding carboxylic acids is 1. The summed E-state index contributed by atoms with van der Waals surface area (Å²) >= 11 is 1.32. The van der Waals surface area contributed by atoms with Crippen molar-refractivity contribution in [1.82, 2.24) is 4.98 Å². The minimum atomic E-state index is -3.29. The third-order valence-corrected chi connectivity index (χ3v) is 6.48. The second kappa shape index (κ2) is 5.00. The second-order valence-electron chi connectivity index (χ2n) is 5.02. The molecule has 110 valence electrons. The van der Waals surface area contributed by atoms with Crippen molar-refractivity contribution < 1.29 is 17.9 Å². The molecule has 3 rings (SSSR count). The number of anilines is 1. The summed E-state index contributed by atoms with van der Waals surface area (Å²) in [6.45, 7) is 2.11. The Morgan fingerprint density at radius 3 is 2.85 bits per heavy atom. The number of nitrogens with zero attached hydrogens (tertiary/aromatic N) is 1. The number of esters is 1. The highest BCUT2D eigenvalue weighted by Crippen LogP contribution is 2.40. The summed E-state index contributed by atoms with van der Waals surface area (Å²) in [5.41, 5.74) is 0.682. The Kier molecular flexibility index (Phi) is 3.45. The first-order valence-electron chi connectivity index (χ1n) is 6.69. The first kappa shape index (κ1) is 13.8. The molecule has 0 spiro atoms. The van der Waals surface area contributed by atoms with Gasteiger partial charge < -0.3 is 4.74 Å². The maximum atomic E-state index is 11.9. The highest BCUT2D eigenvalue weighted by molar-refractivity contribution is 7.93. The van der Waals surface area contributed by atoms with E-state index in [-0.39, 0.29) is 17.1 Å². The summed E-state index contributed by atoms with van der Waals surface area (Å²) in [7, 11) is -3.29. The van der Waals surface area contributed by atoms with Crippen molar-refractivity contribution in [3.63, 3.8) is 0 Å². The van der Waals surface area contributed by atoms with Crippen LogP contribution in [0, 0.1) is 0 Å². The molecule has 0 amide bonds. The van der Waals surface area contributed by atoms with Crippen molar-refractivity contribution in [3.05, 3.63) is 10.6 Å². The van der Waals surface area contributed by atoms with Gasteiger partial charge in [-0.1, -0.05) is 0 Å². The lowest BCUT2D eigenvalue weighted by Crippen LogP contribution is -2.18. The summed E-state index contributed by atoms with van der Waals surface area (Å²) in [6, 6.07) is 0. The van der Waals surface area contributed by atoms with Gasteiger partial charge in [0.15, 0.2) is 5.13 Å². The standard InChI is InChI=1S/C12H16N2O4S2/c1-2-18-11(15)8-5-6-9-10(8)13-12(19-9)14-20(16,17)7-3-4-7/h7-8H,2-6H2,1H3,(H,13,14). The molecule has 1 N–H and O–H groups in total. The summed E-state index contributed by atoms with van der Waals surface area (Å²) in [4.78, 5) is 17.1. The van der Waals surface area contributed by atoms with Crippen LogP contribution in [0.5, 0.6) is 0 Å². The number of hydrogen-bond donors (Lipinski definition) is 1. The van der Waals surface area contributed by atoms with Crippen LogP contribution < -0.4 is 4.72 Å². The molecule has 0 bridgehead atoms. The summed E-state index contributed by atoms with van der Waals surface area (Å²) in [5, 5.41) is 0.0954. The predicted octanol–water partition coefficient (Wildman–Crippen LogP) is 1.64. The average molecular weight is 316 g/mol. The van der Waals surface area contributed by atoms with Crippen LogP contribution in [-0.4, -0.2) is 31.2 Å². The molecule has 6 nitrogen and oxygen atoms in total. The Balaban J connectivity index is 1.78. The van der Waals surface area contributed by atoms with E-state index < -0.39 is 10.0 Å². The molecule has 0 aromatic carbocycles. The second-order valence-corrected chi connectivity index (χ2v) is 8.06. The largest absolute Gasteiger partial charge is 0.465 e. The monoisotopic (exact) mass is 316 g/mol. The third-order valence-electron chi connectivity index (χ3n) is 3.48. The average Bonchev–Trinajstić information content (AvgIpc) is 3.06. The van der Waals surface area contributed by atoms with Gasteiger partial charge in [0.05, 0.1) is 17.6 Å². The maximum absolute atomic E-state index is 11.9. The fraction of sp³-hybridized carbons (Fsp3) is 0.667. The van der Waals surface area contributed by atoms with Gasteiger partial charge in [-0.05, 0) is 32.6 Å². The highest BCUT2D eigenvalue weighted by atomic mass is 32.2. The SMILES string of the molecule is CCOC(=O)C1CCc2sc(NS(=O)(=O)C3CC3)nc21. The van der Waals surface area contributed by atoms with E-state index in [0.717, 1.165) is 11.3 Å². The summed E-state index contributed by atoms with van der Waals surface area (Å²) < 4.78 is 31.3. The lowest BCUT2D eigenvalue weighted by atomic mass is 10.1. The molecule has 2 aliphatic rings. The molecule has 1 fully saturated rings. The van der Waals surface area contributed by atoms with Crippen LogP contribution in [0.4, 0.5) is 5.13 Å². The highest BCUT2D eigenvalue weighted by Gasteiger charge is 2.38.